The zero-order valence-corrected chi connectivity index (χ0v) is 19.5. The fraction of sp³-hybridized carbons (Fsp3) is 0.143. The van der Waals surface area contributed by atoms with Crippen LogP contribution in [0.15, 0.2) is 59.1 Å². The van der Waals surface area contributed by atoms with Gasteiger partial charge in [0.15, 0.2) is 5.11 Å². The van der Waals surface area contributed by atoms with Gasteiger partial charge in [-0.05, 0) is 49.0 Å². The highest BCUT2D eigenvalue weighted by Gasteiger charge is 2.18. The van der Waals surface area contributed by atoms with Crippen LogP contribution in [0.1, 0.15) is 27.7 Å². The predicted molar refractivity (Wildman–Crippen MR) is 129 cm³/mol. The van der Waals surface area contributed by atoms with Crippen molar-refractivity contribution in [2.24, 2.45) is 0 Å². The number of carbonyl (C=O) groups is 1. The van der Waals surface area contributed by atoms with Gasteiger partial charge in [0.25, 0.3) is 0 Å². The molecule has 0 aliphatic heterocycles. The van der Waals surface area contributed by atoms with E-state index in [1.165, 1.54) is 11.3 Å². The van der Waals surface area contributed by atoms with Gasteiger partial charge in [-0.15, -0.1) is 11.3 Å². The fourth-order valence-electron chi connectivity index (χ4n) is 2.63. The predicted octanol–water partition coefficient (Wildman–Crippen LogP) is 6.74. The molecule has 3 aromatic rings. The molecule has 2 aromatic carbocycles. The number of anilines is 2. The second-order valence-corrected chi connectivity index (χ2v) is 8.91. The van der Waals surface area contributed by atoms with Gasteiger partial charge in [-0.1, -0.05) is 57.9 Å². The van der Waals surface area contributed by atoms with Crippen LogP contribution in [0.2, 0.25) is 5.02 Å². The normalized spacial score (nSPS) is 10.4. The van der Waals surface area contributed by atoms with E-state index in [2.05, 4.69) is 38.7 Å². The van der Waals surface area contributed by atoms with Crippen molar-refractivity contribution in [1.82, 2.24) is 0 Å². The summed E-state index contributed by atoms with van der Waals surface area (Å²) in [5, 5.41) is 7.69. The van der Waals surface area contributed by atoms with Crippen molar-refractivity contribution in [3.8, 4) is 0 Å². The van der Waals surface area contributed by atoms with Gasteiger partial charge in [0.2, 0.25) is 0 Å². The van der Waals surface area contributed by atoms with Gasteiger partial charge in [-0.25, -0.2) is 4.79 Å². The van der Waals surface area contributed by atoms with Crippen LogP contribution in [0, 0.1) is 0 Å². The molecule has 1 heterocycles. The molecule has 1 aromatic heterocycles. The van der Waals surface area contributed by atoms with Gasteiger partial charge in [0.1, 0.15) is 5.00 Å². The minimum atomic E-state index is -0.380. The zero-order chi connectivity index (χ0) is 20.8. The topological polar surface area (TPSA) is 50.4 Å². The fourth-order valence-corrected chi connectivity index (χ4v) is 4.71. The standard InChI is InChI=1S/C21H18BrClN2O2S2/c1-2-27-20(26)16-12-15(10-13-6-4-3-5-7-13)29-19(16)25-21(28)24-18-9-8-14(22)11-17(18)23/h3-9,11-12H,2,10H2,1H3,(H2,24,25,28). The molecular formula is C21H18BrClN2O2S2. The third-order valence-electron chi connectivity index (χ3n) is 3.91. The monoisotopic (exact) mass is 508 g/mol. The van der Waals surface area contributed by atoms with Crippen LogP contribution in [0.25, 0.3) is 0 Å². The summed E-state index contributed by atoms with van der Waals surface area (Å²) in [6.45, 7) is 2.09. The number of hydrogen-bond acceptors (Lipinski definition) is 4. The van der Waals surface area contributed by atoms with Crippen LogP contribution in [0.3, 0.4) is 0 Å². The van der Waals surface area contributed by atoms with Gasteiger partial charge in [0, 0.05) is 15.8 Å². The molecule has 0 fully saturated rings. The molecule has 0 unspecified atom stereocenters. The number of benzene rings is 2. The molecule has 150 valence electrons. The van der Waals surface area contributed by atoms with Crippen LogP contribution in [-0.2, 0) is 11.2 Å². The molecule has 0 aliphatic rings. The summed E-state index contributed by atoms with van der Waals surface area (Å²) in [6.07, 6.45) is 0.721. The number of hydrogen-bond donors (Lipinski definition) is 2. The summed E-state index contributed by atoms with van der Waals surface area (Å²) >= 11 is 16.5. The van der Waals surface area contributed by atoms with Crippen LogP contribution >= 0.6 is 51.1 Å². The van der Waals surface area contributed by atoms with Crippen molar-refractivity contribution in [2.45, 2.75) is 13.3 Å². The van der Waals surface area contributed by atoms with Crippen LogP contribution in [0.4, 0.5) is 10.7 Å². The summed E-state index contributed by atoms with van der Waals surface area (Å²) < 4.78 is 6.08. The van der Waals surface area contributed by atoms with Crippen molar-refractivity contribution < 1.29 is 9.53 Å². The third kappa shape index (κ3) is 6.02. The highest BCUT2D eigenvalue weighted by Crippen LogP contribution is 2.31. The number of thiophene rings is 1. The first-order valence-electron chi connectivity index (χ1n) is 8.83. The maximum Gasteiger partial charge on any atom is 0.341 e. The van der Waals surface area contributed by atoms with Crippen LogP contribution in [0.5, 0.6) is 0 Å². The van der Waals surface area contributed by atoms with Crippen molar-refractivity contribution >= 4 is 72.9 Å². The Morgan fingerprint density at radius 1 is 1.17 bits per heavy atom. The lowest BCUT2D eigenvalue weighted by molar-refractivity contribution is 0.0528. The van der Waals surface area contributed by atoms with Gasteiger partial charge in [0.05, 0.1) is 22.9 Å². The quantitative estimate of drug-likeness (QED) is 0.285. The van der Waals surface area contributed by atoms with E-state index in [9.17, 15) is 4.79 Å². The lowest BCUT2D eigenvalue weighted by Crippen LogP contribution is -2.20. The molecule has 0 spiro atoms. The smallest absolute Gasteiger partial charge is 0.341 e. The summed E-state index contributed by atoms with van der Waals surface area (Å²) in [7, 11) is 0. The number of rotatable bonds is 6. The van der Waals surface area contributed by atoms with E-state index in [1.54, 1.807) is 13.0 Å². The number of halogens is 2. The Balaban J connectivity index is 1.80. The van der Waals surface area contributed by atoms with Crippen molar-refractivity contribution in [2.75, 3.05) is 17.2 Å². The second kappa shape index (κ2) is 10.2. The molecule has 29 heavy (non-hydrogen) atoms. The first kappa shape index (κ1) is 21.8. The number of ether oxygens (including phenoxy) is 1. The molecule has 0 bridgehead atoms. The Kier molecular flexibility index (Phi) is 7.66. The number of carbonyl (C=O) groups excluding carboxylic acids is 1. The van der Waals surface area contributed by atoms with Crippen LogP contribution < -0.4 is 10.6 Å². The Labute approximate surface area is 192 Å². The Hall–Kier alpha value is -1.93. The average molecular weight is 510 g/mol. The van der Waals surface area contributed by atoms with E-state index in [0.29, 0.717) is 33.0 Å². The second-order valence-electron chi connectivity index (χ2n) is 6.04. The molecule has 0 saturated heterocycles. The van der Waals surface area contributed by atoms with E-state index < -0.39 is 0 Å². The van der Waals surface area contributed by atoms with Crippen molar-refractivity contribution in [3.05, 3.63) is 80.1 Å². The van der Waals surface area contributed by atoms with E-state index in [-0.39, 0.29) is 5.97 Å². The number of nitrogens with one attached hydrogen (secondary N) is 2. The highest BCUT2D eigenvalue weighted by molar-refractivity contribution is 9.10. The zero-order valence-electron chi connectivity index (χ0n) is 15.5. The molecular weight excluding hydrogens is 492 g/mol. The Morgan fingerprint density at radius 2 is 1.93 bits per heavy atom. The molecule has 0 aliphatic carbocycles. The Morgan fingerprint density at radius 3 is 2.62 bits per heavy atom. The summed E-state index contributed by atoms with van der Waals surface area (Å²) in [5.74, 6) is -0.380. The summed E-state index contributed by atoms with van der Waals surface area (Å²) in [4.78, 5) is 13.5. The first-order chi connectivity index (χ1) is 14.0. The highest BCUT2D eigenvalue weighted by atomic mass is 79.9. The summed E-state index contributed by atoms with van der Waals surface area (Å²) in [5.41, 5.74) is 2.30. The SMILES string of the molecule is CCOC(=O)c1cc(Cc2ccccc2)sc1NC(=S)Nc1ccc(Br)cc1Cl. The molecule has 0 amide bonds. The molecule has 0 saturated carbocycles. The third-order valence-corrected chi connectivity index (χ3v) is 5.97. The lowest BCUT2D eigenvalue weighted by Gasteiger charge is -2.12. The Bertz CT molecular complexity index is 1020. The van der Waals surface area contributed by atoms with Crippen molar-refractivity contribution in [1.29, 1.82) is 0 Å². The van der Waals surface area contributed by atoms with Gasteiger partial charge in [-0.2, -0.15) is 0 Å². The van der Waals surface area contributed by atoms with Crippen LogP contribution in [-0.4, -0.2) is 17.7 Å². The van der Waals surface area contributed by atoms with Gasteiger partial charge in [-0.3, -0.25) is 0 Å². The summed E-state index contributed by atoms with van der Waals surface area (Å²) in [6, 6.07) is 17.4. The maximum atomic E-state index is 12.4. The van der Waals surface area contributed by atoms with Gasteiger partial charge < -0.3 is 15.4 Å². The molecule has 3 rings (SSSR count). The molecule has 0 radical (unpaired) electrons. The van der Waals surface area contributed by atoms with E-state index in [1.807, 2.05) is 36.4 Å². The molecule has 8 heteroatoms. The minimum Gasteiger partial charge on any atom is -0.462 e. The average Bonchev–Trinajstić information content (AvgIpc) is 3.07. The van der Waals surface area contributed by atoms with E-state index in [0.717, 1.165) is 21.3 Å². The lowest BCUT2D eigenvalue weighted by atomic mass is 10.1. The van der Waals surface area contributed by atoms with Crippen molar-refractivity contribution in [3.63, 3.8) is 0 Å². The molecule has 4 nitrogen and oxygen atoms in total. The van der Waals surface area contributed by atoms with E-state index >= 15 is 0 Å². The molecule has 2 N–H and O–H groups in total. The first-order valence-corrected chi connectivity index (χ1v) is 11.2. The largest absolute Gasteiger partial charge is 0.462 e. The maximum absolute atomic E-state index is 12.4. The number of esters is 1. The van der Waals surface area contributed by atoms with E-state index in [4.69, 9.17) is 28.6 Å². The number of thiocarbonyl (C=S) groups is 1. The molecule has 0 atom stereocenters. The minimum absolute atomic E-state index is 0.305. The van der Waals surface area contributed by atoms with Gasteiger partial charge >= 0.3 is 5.97 Å².